The minimum absolute atomic E-state index is 0.344. The van der Waals surface area contributed by atoms with Crippen LogP contribution in [0.25, 0.3) is 0 Å². The van der Waals surface area contributed by atoms with E-state index in [1.54, 1.807) is 0 Å². The summed E-state index contributed by atoms with van der Waals surface area (Å²) in [6.45, 7) is 4.79. The highest BCUT2D eigenvalue weighted by Gasteiger charge is 2.29. The van der Waals surface area contributed by atoms with Crippen molar-refractivity contribution in [3.63, 3.8) is 0 Å². The molecule has 0 nitrogen and oxygen atoms in total. The van der Waals surface area contributed by atoms with E-state index in [4.69, 9.17) is 0 Å². The average Bonchev–Trinajstić information content (AvgIpc) is 2.61. The maximum atomic E-state index is 13.5. The Morgan fingerprint density at radius 3 is 1.96 bits per heavy atom. The smallest absolute Gasteiger partial charge is 0.126 e. The quantitative estimate of drug-likeness (QED) is 0.517. The summed E-state index contributed by atoms with van der Waals surface area (Å²) >= 11 is 0. The largest absolute Gasteiger partial charge is 0.207 e. The molecule has 1 atom stereocenters. The fraction of sp³-hybridized carbons (Fsp3) is 0.739. The second-order valence-corrected chi connectivity index (χ2v) is 8.82. The van der Waals surface area contributed by atoms with Crippen LogP contribution in [0.5, 0.6) is 0 Å². The number of benzene rings is 1. The summed E-state index contributed by atoms with van der Waals surface area (Å²) in [7, 11) is 0. The standard InChI is InChI=1S/C23H34F2/c1-3-17-4-8-19(9-5-17)16(2)12-18-6-10-20(11-7-18)21-13-22(24)15-23(25)14-21/h13-20H,3-12H2,1-2H3. The number of rotatable bonds is 5. The van der Waals surface area contributed by atoms with Gasteiger partial charge in [-0.2, -0.15) is 0 Å². The lowest BCUT2D eigenvalue weighted by molar-refractivity contribution is 0.172. The number of hydrogen-bond donors (Lipinski definition) is 0. The summed E-state index contributed by atoms with van der Waals surface area (Å²) in [5.74, 6) is 3.03. The summed E-state index contributed by atoms with van der Waals surface area (Å²) in [5.41, 5.74) is 0.863. The minimum atomic E-state index is -0.437. The molecular weight excluding hydrogens is 314 g/mol. The van der Waals surface area contributed by atoms with Gasteiger partial charge in [0.15, 0.2) is 0 Å². The number of hydrogen-bond acceptors (Lipinski definition) is 0. The minimum Gasteiger partial charge on any atom is -0.207 e. The van der Waals surface area contributed by atoms with Crippen LogP contribution in [-0.4, -0.2) is 0 Å². The van der Waals surface area contributed by atoms with E-state index in [0.717, 1.165) is 48.1 Å². The maximum Gasteiger partial charge on any atom is 0.126 e. The van der Waals surface area contributed by atoms with Crippen LogP contribution >= 0.6 is 0 Å². The molecule has 0 radical (unpaired) electrons. The second-order valence-electron chi connectivity index (χ2n) is 8.82. The Hall–Kier alpha value is -0.920. The summed E-state index contributed by atoms with van der Waals surface area (Å²) in [6, 6.07) is 4.04. The Bertz CT molecular complexity index is 517. The van der Waals surface area contributed by atoms with Crippen LogP contribution in [0.2, 0.25) is 0 Å². The molecule has 2 aliphatic rings. The third-order valence-electron chi connectivity index (χ3n) is 7.18. The van der Waals surface area contributed by atoms with Gasteiger partial charge in [0.05, 0.1) is 0 Å². The Balaban J connectivity index is 1.46. The summed E-state index contributed by atoms with van der Waals surface area (Å²) in [5, 5.41) is 0. The summed E-state index contributed by atoms with van der Waals surface area (Å²) in [6.07, 6.45) is 13.0. The molecule has 2 saturated carbocycles. The third kappa shape index (κ3) is 5.05. The monoisotopic (exact) mass is 348 g/mol. The van der Waals surface area contributed by atoms with Gasteiger partial charge < -0.3 is 0 Å². The molecule has 140 valence electrons. The van der Waals surface area contributed by atoms with Crippen molar-refractivity contribution in [2.45, 2.75) is 84.0 Å². The average molecular weight is 349 g/mol. The van der Waals surface area contributed by atoms with Crippen molar-refractivity contribution in [3.05, 3.63) is 35.4 Å². The highest BCUT2D eigenvalue weighted by molar-refractivity contribution is 5.22. The normalized spacial score (nSPS) is 31.7. The fourth-order valence-corrected chi connectivity index (χ4v) is 5.43. The van der Waals surface area contributed by atoms with E-state index in [1.807, 2.05) is 0 Å². The van der Waals surface area contributed by atoms with Crippen molar-refractivity contribution in [1.29, 1.82) is 0 Å². The van der Waals surface area contributed by atoms with Crippen molar-refractivity contribution < 1.29 is 8.78 Å². The molecule has 3 rings (SSSR count). The molecule has 0 heterocycles. The lowest BCUT2D eigenvalue weighted by Gasteiger charge is -2.35. The zero-order valence-electron chi connectivity index (χ0n) is 15.9. The molecule has 2 aliphatic carbocycles. The van der Waals surface area contributed by atoms with E-state index < -0.39 is 11.6 Å². The molecule has 1 unspecified atom stereocenters. The van der Waals surface area contributed by atoms with Crippen molar-refractivity contribution >= 4 is 0 Å². The van der Waals surface area contributed by atoms with Crippen LogP contribution in [0.15, 0.2) is 18.2 Å². The molecule has 0 bridgehead atoms. The van der Waals surface area contributed by atoms with E-state index in [0.29, 0.717) is 5.92 Å². The number of halogens is 2. The second kappa shape index (κ2) is 8.64. The zero-order chi connectivity index (χ0) is 17.8. The van der Waals surface area contributed by atoms with Crippen molar-refractivity contribution in [2.24, 2.45) is 23.7 Å². The molecule has 0 amide bonds. The van der Waals surface area contributed by atoms with Gasteiger partial charge in [-0.05, 0) is 92.2 Å². The van der Waals surface area contributed by atoms with Crippen LogP contribution in [0.4, 0.5) is 8.78 Å². The topological polar surface area (TPSA) is 0 Å². The van der Waals surface area contributed by atoms with E-state index in [-0.39, 0.29) is 0 Å². The Morgan fingerprint density at radius 2 is 1.40 bits per heavy atom. The molecule has 0 spiro atoms. The van der Waals surface area contributed by atoms with Crippen molar-refractivity contribution in [1.82, 2.24) is 0 Å². The van der Waals surface area contributed by atoms with Gasteiger partial charge in [-0.15, -0.1) is 0 Å². The predicted molar refractivity (Wildman–Crippen MR) is 101 cm³/mol. The fourth-order valence-electron chi connectivity index (χ4n) is 5.43. The summed E-state index contributed by atoms with van der Waals surface area (Å²) < 4.78 is 26.9. The zero-order valence-corrected chi connectivity index (χ0v) is 15.9. The van der Waals surface area contributed by atoms with Gasteiger partial charge in [-0.25, -0.2) is 8.78 Å². The van der Waals surface area contributed by atoms with Crippen molar-refractivity contribution in [2.75, 3.05) is 0 Å². The molecule has 0 aliphatic heterocycles. The first-order valence-corrected chi connectivity index (χ1v) is 10.5. The van der Waals surface area contributed by atoms with Crippen molar-refractivity contribution in [3.8, 4) is 0 Å². The predicted octanol–water partition coefficient (Wildman–Crippen LogP) is 7.48. The van der Waals surface area contributed by atoms with Crippen LogP contribution in [-0.2, 0) is 0 Å². The first-order chi connectivity index (χ1) is 12.0. The van der Waals surface area contributed by atoms with E-state index in [1.165, 1.54) is 63.5 Å². The molecular formula is C23H34F2. The van der Waals surface area contributed by atoms with Gasteiger partial charge in [0, 0.05) is 6.07 Å². The molecule has 0 aromatic heterocycles. The maximum absolute atomic E-state index is 13.5. The molecule has 1 aromatic rings. The highest BCUT2D eigenvalue weighted by atomic mass is 19.1. The molecule has 25 heavy (non-hydrogen) atoms. The molecule has 0 saturated heterocycles. The van der Waals surface area contributed by atoms with E-state index in [2.05, 4.69) is 13.8 Å². The summed E-state index contributed by atoms with van der Waals surface area (Å²) in [4.78, 5) is 0. The van der Waals surface area contributed by atoms with Crippen LogP contribution in [0.3, 0.4) is 0 Å². The van der Waals surface area contributed by atoms with Gasteiger partial charge >= 0.3 is 0 Å². The first-order valence-electron chi connectivity index (χ1n) is 10.5. The van der Waals surface area contributed by atoms with Crippen LogP contribution in [0.1, 0.15) is 89.5 Å². The highest BCUT2D eigenvalue weighted by Crippen LogP contribution is 2.42. The lowest BCUT2D eigenvalue weighted by Crippen LogP contribution is -2.23. The molecule has 1 aromatic carbocycles. The van der Waals surface area contributed by atoms with Crippen LogP contribution < -0.4 is 0 Å². The van der Waals surface area contributed by atoms with Gasteiger partial charge in [-0.3, -0.25) is 0 Å². The Labute approximate surface area is 152 Å². The first kappa shape index (κ1) is 18.9. The van der Waals surface area contributed by atoms with Gasteiger partial charge in [0.2, 0.25) is 0 Å². The van der Waals surface area contributed by atoms with E-state index >= 15 is 0 Å². The Kier molecular flexibility index (Phi) is 6.52. The van der Waals surface area contributed by atoms with Gasteiger partial charge in [-0.1, -0.05) is 33.1 Å². The third-order valence-corrected chi connectivity index (χ3v) is 7.18. The molecule has 2 fully saturated rings. The van der Waals surface area contributed by atoms with Gasteiger partial charge in [0.25, 0.3) is 0 Å². The lowest BCUT2D eigenvalue weighted by atomic mass is 9.70. The Morgan fingerprint density at radius 1 is 0.840 bits per heavy atom. The SMILES string of the molecule is CCC1CCC(C(C)CC2CCC(c3cc(F)cc(F)c3)CC2)CC1. The van der Waals surface area contributed by atoms with E-state index in [9.17, 15) is 8.78 Å². The molecule has 2 heteroatoms. The molecule has 0 N–H and O–H groups in total. The van der Waals surface area contributed by atoms with Gasteiger partial charge in [0.1, 0.15) is 11.6 Å². The van der Waals surface area contributed by atoms with Crippen LogP contribution in [0, 0.1) is 35.3 Å².